The Kier molecular flexibility index (Phi) is 4.54. The van der Waals surface area contributed by atoms with E-state index in [1.165, 1.54) is 12.2 Å². The molecule has 0 radical (unpaired) electrons. The van der Waals surface area contributed by atoms with E-state index >= 15 is 0 Å². The Labute approximate surface area is 108 Å². The van der Waals surface area contributed by atoms with Crippen molar-refractivity contribution in [2.75, 3.05) is 26.4 Å². The molecule has 1 aromatic heterocycles. The molecule has 0 saturated carbocycles. The molecule has 1 fully saturated rings. The second kappa shape index (κ2) is 5.94. The van der Waals surface area contributed by atoms with Crippen LogP contribution in [-0.2, 0) is 0 Å². The average molecular weight is 254 g/mol. The van der Waals surface area contributed by atoms with Crippen molar-refractivity contribution in [2.24, 2.45) is 0 Å². The van der Waals surface area contributed by atoms with Gasteiger partial charge in [0.2, 0.25) is 0 Å². The van der Waals surface area contributed by atoms with Crippen LogP contribution < -0.4 is 5.32 Å². The van der Waals surface area contributed by atoms with Gasteiger partial charge in [0.15, 0.2) is 0 Å². The van der Waals surface area contributed by atoms with Crippen molar-refractivity contribution in [3.05, 3.63) is 24.2 Å². The van der Waals surface area contributed by atoms with Crippen LogP contribution in [0.5, 0.6) is 0 Å². The Hall–Kier alpha value is -0.450. The van der Waals surface area contributed by atoms with Gasteiger partial charge in [-0.05, 0) is 32.6 Å². The lowest BCUT2D eigenvalue weighted by atomic mass is 10.1. The summed E-state index contributed by atoms with van der Waals surface area (Å²) in [4.78, 5) is 2.21. The second-order valence-electron chi connectivity index (χ2n) is 4.98. The van der Waals surface area contributed by atoms with E-state index in [1.54, 1.807) is 6.26 Å². The number of furan rings is 1. The Balaban J connectivity index is 1.86. The Morgan fingerprint density at radius 2 is 2.41 bits per heavy atom. The Morgan fingerprint density at radius 3 is 2.94 bits per heavy atom. The van der Waals surface area contributed by atoms with E-state index in [1.807, 2.05) is 6.07 Å². The lowest BCUT2D eigenvalue weighted by molar-refractivity contribution is 0.245. The first-order chi connectivity index (χ1) is 8.16. The van der Waals surface area contributed by atoms with Crippen LogP contribution in [0.25, 0.3) is 0 Å². The summed E-state index contributed by atoms with van der Waals surface area (Å²) >= 11 is 2.06. The minimum absolute atomic E-state index is 0.325. The maximum absolute atomic E-state index is 5.51. The molecule has 1 aliphatic heterocycles. The van der Waals surface area contributed by atoms with E-state index < -0.39 is 0 Å². The molecule has 3 unspecified atom stereocenters. The highest BCUT2D eigenvalue weighted by Gasteiger charge is 2.24. The fraction of sp³-hybridized carbons (Fsp3) is 0.692. The van der Waals surface area contributed by atoms with Gasteiger partial charge < -0.3 is 9.73 Å². The van der Waals surface area contributed by atoms with Crippen molar-refractivity contribution in [1.29, 1.82) is 0 Å². The van der Waals surface area contributed by atoms with E-state index in [4.69, 9.17) is 4.42 Å². The highest BCUT2D eigenvalue weighted by molar-refractivity contribution is 8.00. The number of nitrogens with one attached hydrogen (secondary N) is 1. The molecule has 0 bridgehead atoms. The van der Waals surface area contributed by atoms with Crippen molar-refractivity contribution >= 4 is 11.8 Å². The minimum Gasteiger partial charge on any atom is -0.468 e. The maximum atomic E-state index is 5.51. The number of hydrogen-bond acceptors (Lipinski definition) is 4. The quantitative estimate of drug-likeness (QED) is 0.873. The number of rotatable bonds is 5. The molecule has 1 aliphatic rings. The lowest BCUT2D eigenvalue weighted by Gasteiger charge is -2.24. The Morgan fingerprint density at radius 1 is 1.59 bits per heavy atom. The van der Waals surface area contributed by atoms with Crippen LogP contribution in [-0.4, -0.2) is 42.6 Å². The molecule has 17 heavy (non-hydrogen) atoms. The van der Waals surface area contributed by atoms with E-state index in [0.717, 1.165) is 17.6 Å². The van der Waals surface area contributed by atoms with Gasteiger partial charge in [-0.25, -0.2) is 0 Å². The fourth-order valence-electron chi connectivity index (χ4n) is 2.26. The third kappa shape index (κ3) is 3.50. The third-order valence-corrected chi connectivity index (χ3v) is 4.65. The molecule has 3 nitrogen and oxygen atoms in total. The van der Waals surface area contributed by atoms with Crippen molar-refractivity contribution in [3.8, 4) is 0 Å². The maximum Gasteiger partial charge on any atom is 0.122 e. The number of thioether (sulfide) groups is 1. The molecule has 2 rings (SSSR count). The van der Waals surface area contributed by atoms with Crippen LogP contribution in [0, 0.1) is 0 Å². The lowest BCUT2D eigenvalue weighted by Crippen LogP contribution is -2.37. The van der Waals surface area contributed by atoms with E-state index in [0.29, 0.717) is 12.1 Å². The standard InChI is InChI=1S/C13H22N2OS/c1-10-7-11(9-17-10)14-8-12(15(2)3)13-5-4-6-16-13/h4-6,10-12,14H,7-9H2,1-3H3. The van der Waals surface area contributed by atoms with Crippen molar-refractivity contribution in [1.82, 2.24) is 10.2 Å². The molecule has 0 aliphatic carbocycles. The number of likely N-dealkylation sites (N-methyl/N-ethyl adjacent to an activating group) is 1. The molecule has 0 amide bonds. The molecule has 96 valence electrons. The van der Waals surface area contributed by atoms with E-state index in [-0.39, 0.29) is 0 Å². The predicted molar refractivity (Wildman–Crippen MR) is 73.5 cm³/mol. The summed E-state index contributed by atoms with van der Waals surface area (Å²) in [5.74, 6) is 2.28. The van der Waals surface area contributed by atoms with Gasteiger partial charge in [0, 0.05) is 23.6 Å². The number of hydrogen-bond donors (Lipinski definition) is 1. The summed E-state index contributed by atoms with van der Waals surface area (Å²) in [5, 5.41) is 4.46. The van der Waals surface area contributed by atoms with Gasteiger partial charge in [-0.1, -0.05) is 6.92 Å². The highest BCUT2D eigenvalue weighted by atomic mass is 32.2. The van der Waals surface area contributed by atoms with Crippen LogP contribution in [0.3, 0.4) is 0 Å². The summed E-state index contributed by atoms with van der Waals surface area (Å²) in [6, 6.07) is 5.00. The summed E-state index contributed by atoms with van der Waals surface area (Å²) in [6.45, 7) is 3.26. The number of nitrogens with zero attached hydrogens (tertiary/aromatic N) is 1. The summed E-state index contributed by atoms with van der Waals surface area (Å²) in [6.07, 6.45) is 3.03. The second-order valence-corrected chi connectivity index (χ2v) is 6.45. The minimum atomic E-state index is 0.325. The summed E-state index contributed by atoms with van der Waals surface area (Å²) in [7, 11) is 4.20. The first-order valence-electron chi connectivity index (χ1n) is 6.21. The third-order valence-electron chi connectivity index (χ3n) is 3.29. The summed E-state index contributed by atoms with van der Waals surface area (Å²) < 4.78 is 5.51. The van der Waals surface area contributed by atoms with E-state index in [2.05, 4.69) is 49.1 Å². The first kappa shape index (κ1) is 13.0. The van der Waals surface area contributed by atoms with Gasteiger partial charge in [0.05, 0.1) is 12.3 Å². The van der Waals surface area contributed by atoms with Gasteiger partial charge in [0.1, 0.15) is 5.76 Å². The van der Waals surface area contributed by atoms with Crippen molar-refractivity contribution < 1.29 is 4.42 Å². The zero-order valence-electron chi connectivity index (χ0n) is 10.8. The SMILES string of the molecule is CC1CC(NCC(c2ccco2)N(C)C)CS1. The van der Waals surface area contributed by atoms with Crippen LogP contribution >= 0.6 is 11.8 Å². The van der Waals surface area contributed by atoms with Gasteiger partial charge in [-0.2, -0.15) is 11.8 Å². The van der Waals surface area contributed by atoms with Crippen LogP contribution in [0.1, 0.15) is 25.1 Å². The van der Waals surface area contributed by atoms with Crippen molar-refractivity contribution in [2.45, 2.75) is 30.7 Å². The molecule has 0 aromatic carbocycles. The van der Waals surface area contributed by atoms with Gasteiger partial charge >= 0.3 is 0 Å². The smallest absolute Gasteiger partial charge is 0.122 e. The monoisotopic (exact) mass is 254 g/mol. The predicted octanol–water partition coefficient (Wildman–Crippen LogP) is 2.37. The molecule has 3 atom stereocenters. The molecule has 2 heterocycles. The molecular formula is C13H22N2OS. The highest BCUT2D eigenvalue weighted by Crippen LogP contribution is 2.26. The largest absolute Gasteiger partial charge is 0.468 e. The summed E-state index contributed by atoms with van der Waals surface area (Å²) in [5.41, 5.74) is 0. The first-order valence-corrected chi connectivity index (χ1v) is 7.26. The topological polar surface area (TPSA) is 28.4 Å². The normalized spacial score (nSPS) is 26.6. The average Bonchev–Trinajstić information content (AvgIpc) is 2.90. The molecule has 1 saturated heterocycles. The van der Waals surface area contributed by atoms with Crippen LogP contribution in [0.2, 0.25) is 0 Å². The molecule has 1 N–H and O–H groups in total. The van der Waals surface area contributed by atoms with Crippen LogP contribution in [0.4, 0.5) is 0 Å². The fourth-order valence-corrected chi connectivity index (χ4v) is 3.44. The van der Waals surface area contributed by atoms with Crippen LogP contribution in [0.15, 0.2) is 22.8 Å². The van der Waals surface area contributed by atoms with E-state index in [9.17, 15) is 0 Å². The van der Waals surface area contributed by atoms with Gasteiger partial charge in [-0.15, -0.1) is 0 Å². The molecule has 0 spiro atoms. The van der Waals surface area contributed by atoms with Crippen molar-refractivity contribution in [3.63, 3.8) is 0 Å². The van der Waals surface area contributed by atoms with Gasteiger partial charge in [-0.3, -0.25) is 4.90 Å². The molecule has 4 heteroatoms. The molecule has 1 aromatic rings. The Bertz CT molecular complexity index is 326. The zero-order chi connectivity index (χ0) is 12.3. The molecular weight excluding hydrogens is 232 g/mol. The zero-order valence-corrected chi connectivity index (χ0v) is 11.7. The van der Waals surface area contributed by atoms with Gasteiger partial charge in [0.25, 0.3) is 0 Å².